The topological polar surface area (TPSA) is 97.5 Å². The van der Waals surface area contributed by atoms with Crippen LogP contribution in [0.15, 0.2) is 27.6 Å². The quantitative estimate of drug-likeness (QED) is 0.251. The minimum absolute atomic E-state index is 0. The number of aliphatic hydroxyl groups is 1. The minimum atomic E-state index is -1.11. The van der Waals surface area contributed by atoms with E-state index in [0.29, 0.717) is 42.1 Å². The average molecular weight is 547 g/mol. The first-order valence-electron chi connectivity index (χ1n) is 9.87. The molecule has 31 heavy (non-hydrogen) atoms. The molecule has 0 saturated heterocycles. The first-order valence-corrected chi connectivity index (χ1v) is 9.87. The Bertz CT molecular complexity index is 880. The van der Waals surface area contributed by atoms with Gasteiger partial charge in [0.2, 0.25) is 5.75 Å². The number of aryl methyl sites for hydroxylation is 2. The summed E-state index contributed by atoms with van der Waals surface area (Å²) in [5.41, 5.74) is 0.490. The molecule has 9 heteroatoms. The van der Waals surface area contributed by atoms with E-state index in [1.807, 2.05) is 39.0 Å². The largest absolute Gasteiger partial charge is 0.493 e. The highest BCUT2D eigenvalue weighted by Crippen LogP contribution is 2.40. The molecule has 0 fully saturated rings. The van der Waals surface area contributed by atoms with E-state index in [2.05, 4.69) is 15.6 Å². The van der Waals surface area contributed by atoms with Crippen LogP contribution in [0, 0.1) is 13.8 Å². The molecule has 0 spiro atoms. The Morgan fingerprint density at radius 1 is 1.10 bits per heavy atom. The molecule has 1 atom stereocenters. The van der Waals surface area contributed by atoms with Crippen molar-refractivity contribution in [1.82, 2.24) is 10.6 Å². The third-order valence-corrected chi connectivity index (χ3v) is 4.76. The van der Waals surface area contributed by atoms with Crippen LogP contribution in [0.1, 0.15) is 36.5 Å². The van der Waals surface area contributed by atoms with Gasteiger partial charge in [0.05, 0.1) is 34.4 Å². The second-order valence-electron chi connectivity index (χ2n) is 7.14. The molecule has 1 aromatic carbocycles. The molecule has 3 N–H and O–H groups in total. The van der Waals surface area contributed by atoms with Crippen LogP contribution in [0.2, 0.25) is 0 Å². The summed E-state index contributed by atoms with van der Waals surface area (Å²) >= 11 is 0. The molecule has 1 aromatic heterocycles. The minimum Gasteiger partial charge on any atom is -0.493 e. The zero-order valence-corrected chi connectivity index (χ0v) is 21.6. The van der Waals surface area contributed by atoms with Crippen LogP contribution in [-0.4, -0.2) is 45.5 Å². The summed E-state index contributed by atoms with van der Waals surface area (Å²) in [7, 11) is 4.73. The van der Waals surface area contributed by atoms with Crippen molar-refractivity contribution in [3.05, 3.63) is 40.8 Å². The van der Waals surface area contributed by atoms with Crippen molar-refractivity contribution in [3.63, 3.8) is 0 Å². The molecule has 0 bridgehead atoms. The van der Waals surface area contributed by atoms with E-state index in [-0.39, 0.29) is 30.5 Å². The second-order valence-corrected chi connectivity index (χ2v) is 7.14. The summed E-state index contributed by atoms with van der Waals surface area (Å²) in [5.74, 6) is 3.74. The first-order chi connectivity index (χ1) is 14.3. The van der Waals surface area contributed by atoms with Gasteiger partial charge in [0.1, 0.15) is 17.1 Å². The van der Waals surface area contributed by atoms with Gasteiger partial charge in [-0.15, -0.1) is 24.0 Å². The number of halogens is 1. The van der Waals surface area contributed by atoms with Crippen molar-refractivity contribution in [3.8, 4) is 17.2 Å². The highest BCUT2D eigenvalue weighted by molar-refractivity contribution is 14.0. The van der Waals surface area contributed by atoms with E-state index in [1.165, 1.54) is 0 Å². The summed E-state index contributed by atoms with van der Waals surface area (Å²) in [5, 5.41) is 17.3. The van der Waals surface area contributed by atoms with Crippen LogP contribution >= 0.6 is 24.0 Å². The number of nitrogens with one attached hydrogen (secondary N) is 2. The molecule has 1 unspecified atom stereocenters. The van der Waals surface area contributed by atoms with Gasteiger partial charge >= 0.3 is 0 Å². The van der Waals surface area contributed by atoms with Crippen molar-refractivity contribution >= 4 is 29.9 Å². The number of ether oxygens (including phenoxy) is 3. The molecule has 174 valence electrons. The molecule has 0 amide bonds. The lowest BCUT2D eigenvalue weighted by Crippen LogP contribution is -2.44. The molecule has 2 aromatic rings. The maximum absolute atomic E-state index is 10.9. The van der Waals surface area contributed by atoms with E-state index < -0.39 is 5.60 Å². The predicted molar refractivity (Wildman–Crippen MR) is 132 cm³/mol. The maximum atomic E-state index is 10.9. The third kappa shape index (κ3) is 6.67. The van der Waals surface area contributed by atoms with E-state index in [4.69, 9.17) is 18.6 Å². The molecule has 2 rings (SSSR count). The predicted octanol–water partition coefficient (Wildman–Crippen LogP) is 3.50. The second kappa shape index (κ2) is 12.0. The molecule has 0 saturated carbocycles. The van der Waals surface area contributed by atoms with Gasteiger partial charge in [-0.1, -0.05) is 0 Å². The number of nitrogens with zero attached hydrogens (tertiary/aromatic N) is 1. The fraction of sp³-hybridized carbons (Fsp3) is 0.500. The standard InChI is InChI=1S/C22H33N3O5.HI/c1-8-23-21(25-13-22(4,26)17-11-14(2)30-15(17)3)24-12-16-9-10-18(27-5)20(29-7)19(16)28-6;/h9-11,26H,8,12-13H2,1-7H3,(H2,23,24,25);1H. The Labute approximate surface area is 201 Å². The zero-order valence-electron chi connectivity index (χ0n) is 19.3. The van der Waals surface area contributed by atoms with Crippen LogP contribution in [0.3, 0.4) is 0 Å². The molecule has 0 aliphatic heterocycles. The van der Waals surface area contributed by atoms with Crippen LogP contribution in [0.4, 0.5) is 0 Å². The van der Waals surface area contributed by atoms with Gasteiger partial charge in [0.15, 0.2) is 17.5 Å². The van der Waals surface area contributed by atoms with Gasteiger partial charge in [0.25, 0.3) is 0 Å². The molecular weight excluding hydrogens is 513 g/mol. The Morgan fingerprint density at radius 2 is 1.77 bits per heavy atom. The lowest BCUT2D eigenvalue weighted by atomic mass is 9.96. The highest BCUT2D eigenvalue weighted by atomic mass is 127. The number of rotatable bonds is 9. The number of benzene rings is 1. The zero-order chi connectivity index (χ0) is 22.3. The number of methoxy groups -OCH3 is 3. The van der Waals surface area contributed by atoms with Gasteiger partial charge in [-0.05, 0) is 45.9 Å². The number of furan rings is 1. The first kappa shape index (κ1) is 26.9. The van der Waals surface area contributed by atoms with E-state index in [9.17, 15) is 5.11 Å². The molecular formula is C22H34IN3O5. The van der Waals surface area contributed by atoms with Crippen molar-refractivity contribution in [2.45, 2.75) is 39.8 Å². The van der Waals surface area contributed by atoms with E-state index >= 15 is 0 Å². The average Bonchev–Trinajstić information content (AvgIpc) is 3.08. The summed E-state index contributed by atoms with van der Waals surface area (Å²) < 4.78 is 21.8. The third-order valence-electron chi connectivity index (χ3n) is 4.76. The van der Waals surface area contributed by atoms with Crippen molar-refractivity contribution in [2.24, 2.45) is 4.99 Å². The van der Waals surface area contributed by atoms with Crippen molar-refractivity contribution in [1.29, 1.82) is 0 Å². The summed E-state index contributed by atoms with van der Waals surface area (Å²) in [6.07, 6.45) is 0. The molecule has 0 aliphatic rings. The number of guanidine groups is 1. The number of aliphatic imine (C=N–C) groups is 1. The Kier molecular flexibility index (Phi) is 10.4. The lowest BCUT2D eigenvalue weighted by molar-refractivity contribution is 0.0601. The molecule has 1 heterocycles. The van der Waals surface area contributed by atoms with E-state index in [0.717, 1.165) is 16.9 Å². The van der Waals surface area contributed by atoms with Crippen LogP contribution in [0.5, 0.6) is 17.2 Å². The highest BCUT2D eigenvalue weighted by Gasteiger charge is 2.28. The normalized spacial score (nSPS) is 13.1. The smallest absolute Gasteiger partial charge is 0.203 e. The fourth-order valence-corrected chi connectivity index (χ4v) is 3.31. The molecule has 8 nitrogen and oxygen atoms in total. The molecule has 0 radical (unpaired) electrons. The number of hydrogen-bond donors (Lipinski definition) is 3. The maximum Gasteiger partial charge on any atom is 0.203 e. The van der Waals surface area contributed by atoms with Crippen LogP contribution in [0.25, 0.3) is 0 Å². The lowest BCUT2D eigenvalue weighted by Gasteiger charge is -2.24. The van der Waals surface area contributed by atoms with Gasteiger partial charge in [-0.25, -0.2) is 4.99 Å². The van der Waals surface area contributed by atoms with Crippen molar-refractivity contribution in [2.75, 3.05) is 34.4 Å². The van der Waals surface area contributed by atoms with Gasteiger partial charge < -0.3 is 34.4 Å². The Morgan fingerprint density at radius 3 is 2.29 bits per heavy atom. The number of hydrogen-bond acceptors (Lipinski definition) is 6. The van der Waals surface area contributed by atoms with Crippen LogP contribution < -0.4 is 24.8 Å². The summed E-state index contributed by atoms with van der Waals surface area (Å²) in [4.78, 5) is 4.63. The van der Waals surface area contributed by atoms with Gasteiger partial charge in [-0.2, -0.15) is 0 Å². The van der Waals surface area contributed by atoms with E-state index in [1.54, 1.807) is 28.3 Å². The summed E-state index contributed by atoms with van der Waals surface area (Å²) in [6.45, 7) is 8.74. The SMILES string of the molecule is CCNC(=NCc1ccc(OC)c(OC)c1OC)NCC(C)(O)c1cc(C)oc1C.I. The molecule has 0 aliphatic carbocycles. The van der Waals surface area contributed by atoms with Gasteiger partial charge in [-0.3, -0.25) is 0 Å². The monoisotopic (exact) mass is 547 g/mol. The summed E-state index contributed by atoms with van der Waals surface area (Å²) in [6, 6.07) is 5.57. The van der Waals surface area contributed by atoms with Crippen LogP contribution in [-0.2, 0) is 12.1 Å². The van der Waals surface area contributed by atoms with Gasteiger partial charge in [0, 0.05) is 17.7 Å². The Balaban J connectivity index is 0.00000480. The Hall–Kier alpha value is -2.14. The fourth-order valence-electron chi connectivity index (χ4n) is 3.31. The van der Waals surface area contributed by atoms with Crippen molar-refractivity contribution < 1.29 is 23.7 Å².